The third kappa shape index (κ3) is 62.2. The van der Waals surface area contributed by atoms with Gasteiger partial charge in [-0.05, 0) is 0 Å². The summed E-state index contributed by atoms with van der Waals surface area (Å²) in [5.41, 5.74) is 0. The predicted octanol–water partition coefficient (Wildman–Crippen LogP) is -4.67. The predicted molar refractivity (Wildman–Crippen MR) is 27.2 cm³/mol. The Labute approximate surface area is 130 Å². The van der Waals surface area contributed by atoms with Crippen LogP contribution in [0.1, 0.15) is 0 Å². The van der Waals surface area contributed by atoms with Gasteiger partial charge in [-0.1, -0.05) is 0 Å². The quantitative estimate of drug-likeness (QED) is 0.421. The number of hydrogen-bond acceptors (Lipinski definition) is 4. The fraction of sp³-hybridized carbons (Fsp3) is 0. The molecule has 0 aliphatic rings. The first-order chi connectivity index (χ1) is 2.83. The molecule has 0 aromatic rings. The van der Waals surface area contributed by atoms with Crippen molar-refractivity contribution in [2.24, 2.45) is 0 Å². The first-order valence-electron chi connectivity index (χ1n) is 0.943. The van der Waals surface area contributed by atoms with E-state index >= 15 is 0 Å². The monoisotopic (exact) mass is 298 g/mol. The molecule has 0 atom stereocenters. The minimum absolute atomic E-state index is 0. The van der Waals surface area contributed by atoms with Crippen LogP contribution >= 0.6 is 0 Å². The van der Waals surface area contributed by atoms with Crippen LogP contribution < -0.4 is 8.32 Å². The second-order valence-electron chi connectivity index (χ2n) is 0.192. The van der Waals surface area contributed by atoms with E-state index in [1.807, 2.05) is 0 Å². The van der Waals surface area contributed by atoms with Gasteiger partial charge in [0.25, 0.3) is 0 Å². The molecule has 0 saturated carbocycles. The van der Waals surface area contributed by atoms with Crippen LogP contribution in [-0.2, 0) is 7.61 Å². The second-order valence-corrected chi connectivity index (χ2v) is 0.577. The van der Waals surface area contributed by atoms with E-state index in [4.69, 9.17) is 15.9 Å². The van der Waals surface area contributed by atoms with Crippen molar-refractivity contribution in [3.8, 4) is 0 Å². The van der Waals surface area contributed by atoms with Crippen molar-refractivity contribution >= 4 is 118 Å². The molecular formula is H2Al2BaCaO4. The van der Waals surface area contributed by atoms with Crippen molar-refractivity contribution in [1.29, 1.82) is 0 Å². The van der Waals surface area contributed by atoms with Crippen LogP contribution in [0.4, 0.5) is 0 Å². The average molecular weight is 297 g/mol. The zero-order chi connectivity index (χ0) is 5.41. The number of rotatable bonds is 0. The molecule has 0 aliphatic heterocycles. The van der Waals surface area contributed by atoms with Crippen LogP contribution in [0.3, 0.4) is 0 Å². The Hall–Kier alpha value is 3.10. The fourth-order valence-corrected chi connectivity index (χ4v) is 0. The van der Waals surface area contributed by atoms with Gasteiger partial charge >= 0.3 is 134 Å². The average Bonchev–Trinajstić information content (AvgIpc) is 1.39. The first kappa shape index (κ1) is 22.5. The molecule has 0 N–H and O–H groups in total. The van der Waals surface area contributed by atoms with Crippen LogP contribution in [0.25, 0.3) is 0 Å². The fourth-order valence-electron chi connectivity index (χ4n) is 0. The Balaban J connectivity index is -0.0000000160. The van der Waals surface area contributed by atoms with Crippen LogP contribution in [-0.4, -0.2) is 118 Å². The van der Waals surface area contributed by atoms with Crippen molar-refractivity contribution in [2.75, 3.05) is 0 Å². The van der Waals surface area contributed by atoms with Gasteiger partial charge in [-0.3, -0.25) is 0 Å². The Morgan fingerprint density at radius 3 is 1.00 bits per heavy atom. The summed E-state index contributed by atoms with van der Waals surface area (Å²) in [5, 5.41) is 0. The van der Waals surface area contributed by atoms with E-state index in [9.17, 15) is 0 Å². The minimum atomic E-state index is -1.75. The van der Waals surface area contributed by atoms with Gasteiger partial charge in [0.15, 0.2) is 0 Å². The van der Waals surface area contributed by atoms with Crippen molar-refractivity contribution in [2.45, 2.75) is 0 Å². The standard InChI is InChI=1S/2Al.Ba.Ca.4O.2H/q;;;+2;;;2*-1;;. The Kier molecular flexibility index (Phi) is 90.3. The van der Waals surface area contributed by atoms with Crippen molar-refractivity contribution in [3.05, 3.63) is 0 Å². The maximum atomic E-state index is 8.46. The summed E-state index contributed by atoms with van der Waals surface area (Å²) in [6.45, 7) is 0. The SMILES string of the molecule is [BaH2].[Ca+2].[O]=[Al][O-].[O]=[Al][O-]. The van der Waals surface area contributed by atoms with E-state index < -0.39 is 31.0 Å². The van der Waals surface area contributed by atoms with Crippen molar-refractivity contribution in [3.63, 3.8) is 0 Å². The van der Waals surface area contributed by atoms with Crippen molar-refractivity contribution < 1.29 is 15.9 Å². The molecule has 0 fully saturated rings. The molecule has 0 unspecified atom stereocenters. The van der Waals surface area contributed by atoms with Crippen molar-refractivity contribution in [1.82, 2.24) is 0 Å². The molecule has 0 saturated heterocycles. The van der Waals surface area contributed by atoms with E-state index in [1.165, 1.54) is 0 Å². The Morgan fingerprint density at radius 1 is 1.00 bits per heavy atom. The zero-order valence-electron chi connectivity index (χ0n) is 3.49. The molecule has 0 aromatic heterocycles. The van der Waals surface area contributed by atoms with E-state index in [0.29, 0.717) is 0 Å². The van der Waals surface area contributed by atoms with Crippen LogP contribution in [0, 0.1) is 0 Å². The summed E-state index contributed by atoms with van der Waals surface area (Å²) in [6.07, 6.45) is 0. The molecule has 36 valence electrons. The second kappa shape index (κ2) is 32.2. The Morgan fingerprint density at radius 2 is 1.00 bits per heavy atom. The summed E-state index contributed by atoms with van der Waals surface area (Å²) in [5.74, 6) is 0. The molecule has 0 radical (unpaired) electrons. The summed E-state index contributed by atoms with van der Waals surface area (Å²) < 4.78 is 33.8. The normalized spacial score (nSPS) is 2.00. The van der Waals surface area contributed by atoms with Gasteiger partial charge in [-0.2, -0.15) is 0 Å². The molecule has 0 heterocycles. The molecule has 4 nitrogen and oxygen atoms in total. The van der Waals surface area contributed by atoms with Crippen LogP contribution in [0.15, 0.2) is 0 Å². The third-order valence-corrected chi connectivity index (χ3v) is 0. The molecule has 0 spiro atoms. The van der Waals surface area contributed by atoms with Gasteiger partial charge in [0.05, 0.1) is 0 Å². The third-order valence-electron chi connectivity index (χ3n) is 0. The topological polar surface area (TPSA) is 80.3 Å². The first-order valence-corrected chi connectivity index (χ1v) is 2.83. The maximum absolute atomic E-state index is 8.46. The molecule has 8 heavy (non-hydrogen) atoms. The molecule has 0 rings (SSSR count). The van der Waals surface area contributed by atoms with Gasteiger partial charge in [0.1, 0.15) is 0 Å². The van der Waals surface area contributed by atoms with Gasteiger partial charge in [0, 0.05) is 0 Å². The van der Waals surface area contributed by atoms with E-state index in [1.54, 1.807) is 0 Å². The van der Waals surface area contributed by atoms with Gasteiger partial charge in [0.2, 0.25) is 0 Å². The van der Waals surface area contributed by atoms with Crippen LogP contribution in [0.2, 0.25) is 0 Å². The van der Waals surface area contributed by atoms with Gasteiger partial charge in [-0.15, -0.1) is 0 Å². The van der Waals surface area contributed by atoms with E-state index in [0.717, 1.165) is 0 Å². The molecule has 0 amide bonds. The van der Waals surface area contributed by atoms with Gasteiger partial charge < -0.3 is 0 Å². The molecule has 8 heteroatoms. The number of hydrogen-bond donors (Lipinski definition) is 0. The summed E-state index contributed by atoms with van der Waals surface area (Å²) in [6, 6.07) is 0. The summed E-state index contributed by atoms with van der Waals surface area (Å²) >= 11 is -3.50. The summed E-state index contributed by atoms with van der Waals surface area (Å²) in [7, 11) is 0. The van der Waals surface area contributed by atoms with Crippen LogP contribution in [0.5, 0.6) is 0 Å². The molecule has 0 aliphatic carbocycles. The Bertz CT molecular complexity index is 35.0. The molecule has 0 aromatic carbocycles. The zero-order valence-corrected chi connectivity index (χ0v) is 8.01. The summed E-state index contributed by atoms with van der Waals surface area (Å²) in [4.78, 5) is 0. The molecular weight excluding hydrogens is 295 g/mol. The van der Waals surface area contributed by atoms with E-state index in [2.05, 4.69) is 0 Å². The molecule has 0 bridgehead atoms. The van der Waals surface area contributed by atoms with E-state index in [-0.39, 0.29) is 86.6 Å². The van der Waals surface area contributed by atoms with Gasteiger partial charge in [-0.25, -0.2) is 0 Å².